The number of Topliss-reactive ketones (excluding diaryl/α,β-unsaturated/α-hetero) is 1. The Morgan fingerprint density at radius 3 is 2.81 bits per heavy atom. The number of fused-ring (bicyclic) bond motifs is 1. The highest BCUT2D eigenvalue weighted by Gasteiger charge is 2.19. The van der Waals surface area contributed by atoms with Gasteiger partial charge in [0.15, 0.2) is 0 Å². The standard InChI is InChI=1S/C17H12N2O2/c1-11-16(14-6-2-3-7-15(14)19-11)17(20)12(10-18)9-13-5-4-8-21-13/h2-9,19H,1H3. The van der Waals surface area contributed by atoms with Gasteiger partial charge in [0.05, 0.1) is 11.8 Å². The van der Waals surface area contributed by atoms with Crippen LogP contribution in [0.4, 0.5) is 0 Å². The number of benzene rings is 1. The third-order valence-electron chi connectivity index (χ3n) is 3.32. The number of aromatic nitrogens is 1. The zero-order valence-corrected chi connectivity index (χ0v) is 11.4. The normalized spacial score (nSPS) is 11.5. The van der Waals surface area contributed by atoms with Gasteiger partial charge in [0.2, 0.25) is 5.78 Å². The molecule has 0 amide bonds. The number of nitriles is 1. The summed E-state index contributed by atoms with van der Waals surface area (Å²) in [7, 11) is 0. The molecule has 0 spiro atoms. The van der Waals surface area contributed by atoms with E-state index in [0.29, 0.717) is 11.3 Å². The van der Waals surface area contributed by atoms with E-state index in [4.69, 9.17) is 4.42 Å². The molecule has 1 aromatic carbocycles. The third-order valence-corrected chi connectivity index (χ3v) is 3.32. The maximum atomic E-state index is 12.6. The highest BCUT2D eigenvalue weighted by molar-refractivity contribution is 6.20. The zero-order chi connectivity index (χ0) is 14.8. The van der Waals surface area contributed by atoms with Crippen LogP contribution in [0, 0.1) is 18.3 Å². The van der Waals surface area contributed by atoms with Crippen molar-refractivity contribution in [3.8, 4) is 6.07 Å². The molecule has 0 aliphatic heterocycles. The molecule has 4 heteroatoms. The van der Waals surface area contributed by atoms with Crippen LogP contribution in [0.1, 0.15) is 21.8 Å². The summed E-state index contributed by atoms with van der Waals surface area (Å²) in [6.07, 6.45) is 2.96. The van der Waals surface area contributed by atoms with E-state index in [1.54, 1.807) is 12.1 Å². The molecule has 102 valence electrons. The van der Waals surface area contributed by atoms with Crippen LogP contribution >= 0.6 is 0 Å². The molecule has 0 aliphatic carbocycles. The quantitative estimate of drug-likeness (QED) is 0.448. The Balaban J connectivity index is 2.12. The number of rotatable bonds is 3. The molecular weight excluding hydrogens is 264 g/mol. The van der Waals surface area contributed by atoms with Crippen LogP contribution in [0.15, 0.2) is 52.7 Å². The lowest BCUT2D eigenvalue weighted by Gasteiger charge is -1.99. The summed E-state index contributed by atoms with van der Waals surface area (Å²) in [5, 5.41) is 10.1. The fourth-order valence-corrected chi connectivity index (χ4v) is 2.37. The first-order valence-corrected chi connectivity index (χ1v) is 6.48. The number of carbonyl (C=O) groups excluding carboxylic acids is 1. The highest BCUT2D eigenvalue weighted by Crippen LogP contribution is 2.25. The second-order valence-corrected chi connectivity index (χ2v) is 4.68. The molecule has 2 heterocycles. The minimum Gasteiger partial charge on any atom is -0.465 e. The summed E-state index contributed by atoms with van der Waals surface area (Å²) < 4.78 is 5.16. The van der Waals surface area contributed by atoms with Crippen LogP contribution in [0.25, 0.3) is 17.0 Å². The maximum absolute atomic E-state index is 12.6. The Morgan fingerprint density at radius 1 is 1.29 bits per heavy atom. The fourth-order valence-electron chi connectivity index (χ4n) is 2.37. The Kier molecular flexibility index (Phi) is 3.17. The molecule has 0 fully saturated rings. The number of nitrogens with zero attached hydrogens (tertiary/aromatic N) is 1. The van der Waals surface area contributed by atoms with Crippen LogP contribution in [-0.2, 0) is 0 Å². The van der Waals surface area contributed by atoms with Crippen LogP contribution < -0.4 is 0 Å². The Hall–Kier alpha value is -3.06. The summed E-state index contributed by atoms with van der Waals surface area (Å²) in [6.45, 7) is 1.83. The molecule has 4 nitrogen and oxygen atoms in total. The van der Waals surface area contributed by atoms with E-state index < -0.39 is 0 Å². The Bertz CT molecular complexity index is 877. The molecule has 2 aromatic heterocycles. The van der Waals surface area contributed by atoms with Gasteiger partial charge in [0, 0.05) is 22.7 Å². The highest BCUT2D eigenvalue weighted by atomic mass is 16.3. The fraction of sp³-hybridized carbons (Fsp3) is 0.0588. The van der Waals surface area contributed by atoms with Crippen molar-refractivity contribution in [2.45, 2.75) is 6.92 Å². The van der Waals surface area contributed by atoms with Gasteiger partial charge in [0.25, 0.3) is 0 Å². The SMILES string of the molecule is Cc1[nH]c2ccccc2c1C(=O)C(C#N)=Cc1ccco1. The number of furan rings is 1. The summed E-state index contributed by atoms with van der Waals surface area (Å²) in [4.78, 5) is 15.8. The number of hydrogen-bond donors (Lipinski definition) is 1. The number of nitrogens with one attached hydrogen (secondary N) is 1. The number of H-pyrrole nitrogens is 1. The first-order valence-electron chi connectivity index (χ1n) is 6.48. The van der Waals surface area contributed by atoms with E-state index in [1.807, 2.05) is 37.3 Å². The number of carbonyl (C=O) groups is 1. The predicted molar refractivity (Wildman–Crippen MR) is 79.7 cm³/mol. The van der Waals surface area contributed by atoms with Crippen molar-refractivity contribution in [1.29, 1.82) is 5.26 Å². The smallest absolute Gasteiger partial charge is 0.206 e. The van der Waals surface area contributed by atoms with Gasteiger partial charge >= 0.3 is 0 Å². The molecule has 3 rings (SSSR count). The van der Waals surface area contributed by atoms with E-state index in [0.717, 1.165) is 16.6 Å². The van der Waals surface area contributed by atoms with Crippen LogP contribution in [-0.4, -0.2) is 10.8 Å². The van der Waals surface area contributed by atoms with Crippen molar-refractivity contribution < 1.29 is 9.21 Å². The molecular formula is C17H12N2O2. The van der Waals surface area contributed by atoms with Crippen molar-refractivity contribution in [1.82, 2.24) is 4.98 Å². The van der Waals surface area contributed by atoms with Gasteiger partial charge in [-0.15, -0.1) is 0 Å². The second-order valence-electron chi connectivity index (χ2n) is 4.68. The van der Waals surface area contributed by atoms with E-state index in [1.165, 1.54) is 12.3 Å². The molecule has 0 aliphatic rings. The largest absolute Gasteiger partial charge is 0.465 e. The van der Waals surface area contributed by atoms with Gasteiger partial charge in [-0.3, -0.25) is 4.79 Å². The maximum Gasteiger partial charge on any atom is 0.206 e. The van der Waals surface area contributed by atoms with Crippen LogP contribution in [0.5, 0.6) is 0 Å². The van der Waals surface area contributed by atoms with Gasteiger partial charge in [-0.1, -0.05) is 18.2 Å². The average Bonchev–Trinajstić information content (AvgIpc) is 3.10. The first kappa shape index (κ1) is 12.9. The molecule has 21 heavy (non-hydrogen) atoms. The zero-order valence-electron chi connectivity index (χ0n) is 11.4. The van der Waals surface area contributed by atoms with Gasteiger partial charge < -0.3 is 9.40 Å². The molecule has 0 saturated heterocycles. The topological polar surface area (TPSA) is 69.8 Å². The predicted octanol–water partition coefficient (Wildman–Crippen LogP) is 3.86. The average molecular weight is 276 g/mol. The van der Waals surface area contributed by atoms with Gasteiger partial charge in [0.1, 0.15) is 17.4 Å². The number of para-hydroxylation sites is 1. The number of ketones is 1. The molecule has 0 radical (unpaired) electrons. The lowest BCUT2D eigenvalue weighted by molar-refractivity contribution is 0.104. The number of aryl methyl sites for hydroxylation is 1. The molecule has 0 unspecified atom stereocenters. The summed E-state index contributed by atoms with van der Waals surface area (Å²) in [5.41, 5.74) is 2.22. The van der Waals surface area contributed by atoms with E-state index in [9.17, 15) is 10.1 Å². The molecule has 1 N–H and O–H groups in total. The van der Waals surface area contributed by atoms with Crippen LogP contribution in [0.2, 0.25) is 0 Å². The van der Waals surface area contributed by atoms with Crippen LogP contribution in [0.3, 0.4) is 0 Å². The van der Waals surface area contributed by atoms with Gasteiger partial charge in [-0.05, 0) is 25.1 Å². The van der Waals surface area contributed by atoms with Crippen molar-refractivity contribution in [3.63, 3.8) is 0 Å². The molecule has 0 bridgehead atoms. The van der Waals surface area contributed by atoms with E-state index in [2.05, 4.69) is 4.98 Å². The third kappa shape index (κ3) is 2.26. The summed E-state index contributed by atoms with van der Waals surface area (Å²) in [5.74, 6) is 0.182. The number of allylic oxidation sites excluding steroid dienone is 1. The number of hydrogen-bond acceptors (Lipinski definition) is 3. The molecule has 0 saturated carbocycles. The lowest BCUT2D eigenvalue weighted by atomic mass is 10.0. The number of aromatic amines is 1. The second kappa shape index (κ2) is 5.14. The van der Waals surface area contributed by atoms with Crippen molar-refractivity contribution in [2.75, 3.05) is 0 Å². The lowest BCUT2D eigenvalue weighted by Crippen LogP contribution is -2.03. The van der Waals surface area contributed by atoms with Crippen molar-refractivity contribution >= 4 is 22.8 Å². The summed E-state index contributed by atoms with van der Waals surface area (Å²) in [6, 6.07) is 12.9. The van der Waals surface area contributed by atoms with Crippen molar-refractivity contribution in [3.05, 3.63) is 65.3 Å². The Labute approximate surface area is 121 Å². The van der Waals surface area contributed by atoms with E-state index in [-0.39, 0.29) is 11.4 Å². The van der Waals surface area contributed by atoms with Gasteiger partial charge in [-0.2, -0.15) is 5.26 Å². The molecule has 3 aromatic rings. The minimum absolute atomic E-state index is 0.0535. The monoisotopic (exact) mass is 276 g/mol. The minimum atomic E-state index is -0.302. The summed E-state index contributed by atoms with van der Waals surface area (Å²) >= 11 is 0. The Morgan fingerprint density at radius 2 is 2.10 bits per heavy atom. The molecule has 0 atom stereocenters. The van der Waals surface area contributed by atoms with Crippen molar-refractivity contribution in [2.24, 2.45) is 0 Å². The first-order chi connectivity index (χ1) is 10.2. The van der Waals surface area contributed by atoms with E-state index >= 15 is 0 Å². The van der Waals surface area contributed by atoms with Gasteiger partial charge in [-0.25, -0.2) is 0 Å².